The highest BCUT2D eigenvalue weighted by Crippen LogP contribution is 2.21. The average Bonchev–Trinajstić information content (AvgIpc) is 2.66. The van der Waals surface area contributed by atoms with Gasteiger partial charge in [-0.2, -0.15) is 0 Å². The van der Waals surface area contributed by atoms with Crippen LogP contribution in [-0.2, 0) is 4.79 Å². The van der Waals surface area contributed by atoms with Gasteiger partial charge in [0.25, 0.3) is 5.91 Å². The maximum absolute atomic E-state index is 12.3. The van der Waals surface area contributed by atoms with E-state index in [1.807, 2.05) is 19.1 Å². The fourth-order valence-corrected chi connectivity index (χ4v) is 2.84. The monoisotopic (exact) mass is 410 g/mol. The van der Waals surface area contributed by atoms with Crippen molar-refractivity contribution in [2.45, 2.75) is 32.2 Å². The molecule has 1 saturated heterocycles. The number of hydrogen-bond acceptors (Lipinski definition) is 4. The Morgan fingerprint density at radius 2 is 1.81 bits per heavy atom. The normalized spacial score (nSPS) is 15.7. The van der Waals surface area contributed by atoms with Gasteiger partial charge in [0.2, 0.25) is 5.91 Å². The largest absolute Gasteiger partial charge is 0.325 e. The fourth-order valence-electron chi connectivity index (χ4n) is 2.84. The number of rotatable bonds is 4. The maximum atomic E-state index is 12.3. The highest BCUT2D eigenvalue weighted by Gasteiger charge is 2.20. The van der Waals surface area contributed by atoms with Crippen molar-refractivity contribution in [1.82, 2.24) is 10.3 Å². The number of amides is 2. The minimum Gasteiger partial charge on any atom is -0.325 e. The summed E-state index contributed by atoms with van der Waals surface area (Å²) in [7, 11) is 0. The van der Waals surface area contributed by atoms with Gasteiger partial charge in [0.05, 0.1) is 6.04 Å². The summed E-state index contributed by atoms with van der Waals surface area (Å²) >= 11 is 0. The molecule has 1 atom stereocenters. The predicted octanol–water partition coefficient (Wildman–Crippen LogP) is 3.57. The third-order valence-corrected chi connectivity index (χ3v) is 4.32. The summed E-state index contributed by atoms with van der Waals surface area (Å²) in [5, 5.41) is 9.05. The van der Waals surface area contributed by atoms with E-state index in [4.69, 9.17) is 0 Å². The van der Waals surface area contributed by atoms with E-state index < -0.39 is 0 Å². The second kappa shape index (κ2) is 10.9. The van der Waals surface area contributed by atoms with Gasteiger partial charge in [-0.25, -0.2) is 0 Å². The first-order valence-corrected chi connectivity index (χ1v) is 8.50. The Hall–Kier alpha value is -2.15. The van der Waals surface area contributed by atoms with Gasteiger partial charge in [0, 0.05) is 29.3 Å². The predicted molar refractivity (Wildman–Crippen MR) is 112 cm³/mol. The summed E-state index contributed by atoms with van der Waals surface area (Å²) in [5.41, 5.74) is 2.82. The van der Waals surface area contributed by atoms with Crippen LogP contribution in [-0.4, -0.2) is 29.4 Å². The minimum absolute atomic E-state index is 0. The molecule has 1 aliphatic rings. The lowest BCUT2D eigenvalue weighted by molar-refractivity contribution is -0.118. The number of piperidine rings is 1. The second-order valence-electron chi connectivity index (χ2n) is 6.21. The first-order valence-electron chi connectivity index (χ1n) is 8.50. The molecule has 0 unspecified atom stereocenters. The number of carbonyl (C=O) groups excluding carboxylic acids is 2. The quantitative estimate of drug-likeness (QED) is 0.719. The number of nitrogens with one attached hydrogen (secondary N) is 3. The molecule has 146 valence electrons. The first kappa shape index (κ1) is 22.9. The number of anilines is 2. The number of aromatic nitrogens is 1. The number of nitrogens with zero attached hydrogens (tertiary/aromatic N) is 1. The molecule has 8 heteroatoms. The molecule has 0 radical (unpaired) electrons. The van der Waals surface area contributed by atoms with E-state index in [9.17, 15) is 9.59 Å². The van der Waals surface area contributed by atoms with E-state index in [1.165, 1.54) is 0 Å². The van der Waals surface area contributed by atoms with Gasteiger partial charge in [-0.05, 0) is 56.1 Å². The number of pyridine rings is 1. The van der Waals surface area contributed by atoms with E-state index >= 15 is 0 Å². The Morgan fingerprint density at radius 3 is 2.48 bits per heavy atom. The molecule has 3 N–H and O–H groups in total. The van der Waals surface area contributed by atoms with Crippen LogP contribution >= 0.6 is 24.8 Å². The topological polar surface area (TPSA) is 83.1 Å². The van der Waals surface area contributed by atoms with Crippen LogP contribution in [0.3, 0.4) is 0 Å². The SMILES string of the molecule is Cc1ccc(NC(=O)[C@H]2CCCCN2)cc1NC(=O)c1ccncc1.Cl.Cl. The lowest BCUT2D eigenvalue weighted by atomic mass is 10.0. The average molecular weight is 411 g/mol. The Kier molecular flexibility index (Phi) is 9.21. The summed E-state index contributed by atoms with van der Waals surface area (Å²) in [6, 6.07) is 8.68. The van der Waals surface area contributed by atoms with Crippen LogP contribution in [0.25, 0.3) is 0 Å². The van der Waals surface area contributed by atoms with E-state index in [0.29, 0.717) is 16.9 Å². The zero-order valence-corrected chi connectivity index (χ0v) is 16.7. The Balaban J connectivity index is 0.00000182. The van der Waals surface area contributed by atoms with Crippen molar-refractivity contribution in [2.75, 3.05) is 17.2 Å². The molecule has 1 aromatic heterocycles. The molecule has 2 heterocycles. The van der Waals surface area contributed by atoms with Crippen LogP contribution in [0.2, 0.25) is 0 Å². The molecular formula is C19H24Cl2N4O2. The molecule has 1 aliphatic heterocycles. The van der Waals surface area contributed by atoms with Crippen molar-refractivity contribution >= 4 is 48.0 Å². The second-order valence-corrected chi connectivity index (χ2v) is 6.21. The molecule has 1 fully saturated rings. The molecule has 0 bridgehead atoms. The smallest absolute Gasteiger partial charge is 0.255 e. The van der Waals surface area contributed by atoms with Crippen molar-refractivity contribution in [2.24, 2.45) is 0 Å². The lowest BCUT2D eigenvalue weighted by Gasteiger charge is -2.22. The summed E-state index contributed by atoms with van der Waals surface area (Å²) in [5.74, 6) is -0.238. The van der Waals surface area contributed by atoms with Gasteiger partial charge in [-0.3, -0.25) is 14.6 Å². The molecule has 0 saturated carbocycles. The lowest BCUT2D eigenvalue weighted by Crippen LogP contribution is -2.43. The summed E-state index contributed by atoms with van der Waals surface area (Å²) in [6.45, 7) is 2.79. The minimum atomic E-state index is -0.206. The fraction of sp³-hybridized carbons (Fsp3) is 0.316. The van der Waals surface area contributed by atoms with Crippen LogP contribution in [0.5, 0.6) is 0 Å². The molecule has 27 heavy (non-hydrogen) atoms. The number of aryl methyl sites for hydroxylation is 1. The third kappa shape index (κ3) is 6.20. The Morgan fingerprint density at radius 1 is 1.07 bits per heavy atom. The molecule has 2 amide bonds. The van der Waals surface area contributed by atoms with Gasteiger partial charge in [0.1, 0.15) is 0 Å². The molecule has 2 aromatic rings. The Labute approximate surface area is 171 Å². The van der Waals surface area contributed by atoms with Gasteiger partial charge >= 0.3 is 0 Å². The van der Waals surface area contributed by atoms with Crippen LogP contribution < -0.4 is 16.0 Å². The van der Waals surface area contributed by atoms with E-state index in [2.05, 4.69) is 20.9 Å². The maximum Gasteiger partial charge on any atom is 0.255 e. The van der Waals surface area contributed by atoms with E-state index in [-0.39, 0.29) is 42.7 Å². The Bertz CT molecular complexity index is 766. The van der Waals surface area contributed by atoms with Crippen LogP contribution in [0.1, 0.15) is 35.2 Å². The van der Waals surface area contributed by atoms with E-state index in [1.54, 1.807) is 30.6 Å². The zero-order valence-electron chi connectivity index (χ0n) is 15.0. The van der Waals surface area contributed by atoms with Crippen molar-refractivity contribution in [3.8, 4) is 0 Å². The van der Waals surface area contributed by atoms with Crippen LogP contribution in [0.4, 0.5) is 11.4 Å². The number of halogens is 2. The highest BCUT2D eigenvalue weighted by atomic mass is 35.5. The molecule has 0 spiro atoms. The zero-order chi connectivity index (χ0) is 17.6. The third-order valence-electron chi connectivity index (χ3n) is 4.32. The van der Waals surface area contributed by atoms with Crippen molar-refractivity contribution in [3.05, 3.63) is 53.9 Å². The summed E-state index contributed by atoms with van der Waals surface area (Å²) in [4.78, 5) is 28.6. The number of benzene rings is 1. The number of hydrogen-bond donors (Lipinski definition) is 3. The molecule has 3 rings (SSSR count). The van der Waals surface area contributed by atoms with Crippen LogP contribution in [0.15, 0.2) is 42.7 Å². The summed E-state index contributed by atoms with van der Waals surface area (Å²) in [6.07, 6.45) is 6.18. The highest BCUT2D eigenvalue weighted by molar-refractivity contribution is 6.05. The van der Waals surface area contributed by atoms with Gasteiger partial charge in [-0.1, -0.05) is 12.5 Å². The van der Waals surface area contributed by atoms with Gasteiger partial charge in [-0.15, -0.1) is 24.8 Å². The van der Waals surface area contributed by atoms with Crippen molar-refractivity contribution in [3.63, 3.8) is 0 Å². The number of carbonyl (C=O) groups is 2. The van der Waals surface area contributed by atoms with E-state index in [0.717, 1.165) is 31.4 Å². The molecule has 0 aliphatic carbocycles. The van der Waals surface area contributed by atoms with Crippen molar-refractivity contribution in [1.29, 1.82) is 0 Å². The molecule has 6 nitrogen and oxygen atoms in total. The summed E-state index contributed by atoms with van der Waals surface area (Å²) < 4.78 is 0. The van der Waals surface area contributed by atoms with Crippen LogP contribution in [0, 0.1) is 6.92 Å². The van der Waals surface area contributed by atoms with Gasteiger partial charge in [0.15, 0.2) is 0 Å². The van der Waals surface area contributed by atoms with Crippen molar-refractivity contribution < 1.29 is 9.59 Å². The molecule has 1 aromatic carbocycles. The van der Waals surface area contributed by atoms with Gasteiger partial charge < -0.3 is 16.0 Å². The standard InChI is InChI=1S/C19H22N4O2.2ClH/c1-13-5-6-15(22-19(25)16-4-2-3-9-21-16)12-17(13)23-18(24)14-7-10-20-11-8-14;;/h5-8,10-12,16,21H,2-4,9H2,1H3,(H,22,25)(H,23,24);2*1H/t16-;;/m1../s1. The first-order chi connectivity index (χ1) is 12.1. The molecular weight excluding hydrogens is 387 g/mol.